The van der Waals surface area contributed by atoms with Crippen molar-refractivity contribution in [2.45, 2.75) is 20.3 Å². The van der Waals surface area contributed by atoms with Crippen LogP contribution in [0.5, 0.6) is 0 Å². The number of aromatic amines is 1. The summed E-state index contributed by atoms with van der Waals surface area (Å²) in [6, 6.07) is 1.84. The van der Waals surface area contributed by atoms with E-state index in [1.165, 1.54) is 6.20 Å². The van der Waals surface area contributed by atoms with Crippen molar-refractivity contribution in [3.8, 4) is 11.4 Å². The molecule has 1 atom stereocenters. The molecule has 2 N–H and O–H groups in total. The maximum atomic E-state index is 12.4. The van der Waals surface area contributed by atoms with E-state index in [0.717, 1.165) is 6.42 Å². The lowest BCUT2D eigenvalue weighted by Crippen LogP contribution is -2.28. The molecule has 1 amide bonds. The highest BCUT2D eigenvalue weighted by Crippen LogP contribution is 2.19. The molecule has 7 heteroatoms. The summed E-state index contributed by atoms with van der Waals surface area (Å²) in [5, 5.41) is 14.1. The molecule has 0 aliphatic heterocycles. The van der Waals surface area contributed by atoms with Gasteiger partial charge in [-0.15, -0.1) is 0 Å². The SMILES string of the molecule is COCC(CCNC(=O)c1cn[nH]c1-c1ccn(C)n1)C(C)C. The summed E-state index contributed by atoms with van der Waals surface area (Å²) in [5.41, 5.74) is 1.85. The van der Waals surface area contributed by atoms with Crippen molar-refractivity contribution in [3.63, 3.8) is 0 Å². The Balaban J connectivity index is 1.96. The second kappa shape index (κ2) is 7.92. The van der Waals surface area contributed by atoms with E-state index in [1.807, 2.05) is 19.3 Å². The first-order chi connectivity index (χ1) is 11.0. The lowest BCUT2D eigenvalue weighted by atomic mass is 9.93. The fourth-order valence-corrected chi connectivity index (χ4v) is 2.49. The molecule has 0 saturated carbocycles. The van der Waals surface area contributed by atoms with Crippen molar-refractivity contribution in [2.24, 2.45) is 18.9 Å². The van der Waals surface area contributed by atoms with Crippen LogP contribution in [-0.4, -0.2) is 46.1 Å². The first-order valence-electron chi connectivity index (χ1n) is 7.83. The number of nitrogens with one attached hydrogen (secondary N) is 2. The van der Waals surface area contributed by atoms with Crippen LogP contribution in [0.3, 0.4) is 0 Å². The molecule has 126 valence electrons. The van der Waals surface area contributed by atoms with Gasteiger partial charge in [0.05, 0.1) is 17.5 Å². The molecule has 2 heterocycles. The number of amides is 1. The number of methoxy groups -OCH3 is 1. The minimum Gasteiger partial charge on any atom is -0.384 e. The lowest BCUT2D eigenvalue weighted by Gasteiger charge is -2.19. The van der Waals surface area contributed by atoms with Crippen LogP contribution in [0.2, 0.25) is 0 Å². The molecule has 23 heavy (non-hydrogen) atoms. The van der Waals surface area contributed by atoms with Crippen LogP contribution in [0.15, 0.2) is 18.5 Å². The Morgan fingerprint density at radius 1 is 1.48 bits per heavy atom. The molecule has 2 rings (SSSR count). The second-order valence-electron chi connectivity index (χ2n) is 6.04. The highest BCUT2D eigenvalue weighted by molar-refractivity contribution is 5.99. The number of aryl methyl sites for hydroxylation is 1. The smallest absolute Gasteiger partial charge is 0.255 e. The van der Waals surface area contributed by atoms with Crippen LogP contribution in [0.1, 0.15) is 30.6 Å². The third-order valence-corrected chi connectivity index (χ3v) is 3.98. The lowest BCUT2D eigenvalue weighted by molar-refractivity contribution is 0.0936. The number of ether oxygens (including phenoxy) is 1. The van der Waals surface area contributed by atoms with Crippen LogP contribution in [0.25, 0.3) is 11.4 Å². The van der Waals surface area contributed by atoms with E-state index in [9.17, 15) is 4.79 Å². The van der Waals surface area contributed by atoms with E-state index in [2.05, 4.69) is 34.5 Å². The predicted octanol–water partition coefficient (Wildman–Crippen LogP) is 1.85. The normalized spacial score (nSPS) is 12.6. The fraction of sp³-hybridized carbons (Fsp3) is 0.562. The van der Waals surface area contributed by atoms with E-state index in [0.29, 0.717) is 41.9 Å². The maximum absolute atomic E-state index is 12.4. The molecule has 0 spiro atoms. The summed E-state index contributed by atoms with van der Waals surface area (Å²) in [6.45, 7) is 5.65. The topological polar surface area (TPSA) is 84.8 Å². The van der Waals surface area contributed by atoms with Crippen molar-refractivity contribution in [1.29, 1.82) is 0 Å². The van der Waals surface area contributed by atoms with Crippen LogP contribution >= 0.6 is 0 Å². The number of carbonyl (C=O) groups excluding carboxylic acids is 1. The minimum atomic E-state index is -0.140. The fourth-order valence-electron chi connectivity index (χ4n) is 2.49. The standard InChI is InChI=1S/C16H25N5O2/c1-11(2)12(10-23-4)5-7-17-16(22)13-9-18-19-15(13)14-6-8-21(3)20-14/h6,8-9,11-12H,5,7,10H2,1-4H3,(H,17,22)(H,18,19). The van der Waals surface area contributed by atoms with Crippen LogP contribution in [0, 0.1) is 11.8 Å². The van der Waals surface area contributed by atoms with Gasteiger partial charge >= 0.3 is 0 Å². The average Bonchev–Trinajstić information content (AvgIpc) is 3.14. The van der Waals surface area contributed by atoms with Gasteiger partial charge in [-0.1, -0.05) is 13.8 Å². The molecule has 0 aliphatic rings. The van der Waals surface area contributed by atoms with Gasteiger partial charge in [0.25, 0.3) is 5.91 Å². The quantitative estimate of drug-likeness (QED) is 0.777. The van der Waals surface area contributed by atoms with E-state index >= 15 is 0 Å². The Morgan fingerprint density at radius 2 is 2.26 bits per heavy atom. The molecule has 0 saturated heterocycles. The van der Waals surface area contributed by atoms with Gasteiger partial charge in [0, 0.05) is 33.5 Å². The van der Waals surface area contributed by atoms with Gasteiger partial charge in [0.2, 0.25) is 0 Å². The molecule has 2 aromatic rings. The number of aromatic nitrogens is 4. The molecular formula is C16H25N5O2. The van der Waals surface area contributed by atoms with Crippen LogP contribution in [0.4, 0.5) is 0 Å². The summed E-state index contributed by atoms with van der Waals surface area (Å²) in [5.74, 6) is 0.809. The molecule has 0 radical (unpaired) electrons. The second-order valence-corrected chi connectivity index (χ2v) is 6.04. The van der Waals surface area contributed by atoms with E-state index in [1.54, 1.807) is 11.8 Å². The van der Waals surface area contributed by atoms with Crippen molar-refractivity contribution in [2.75, 3.05) is 20.3 Å². The number of hydrogen-bond acceptors (Lipinski definition) is 4. The Hall–Kier alpha value is -2.15. The first kappa shape index (κ1) is 17.2. The Labute approximate surface area is 136 Å². The van der Waals surface area contributed by atoms with E-state index in [4.69, 9.17) is 4.74 Å². The minimum absolute atomic E-state index is 0.140. The Morgan fingerprint density at radius 3 is 2.87 bits per heavy atom. The van der Waals surface area contributed by atoms with Gasteiger partial charge in [0.15, 0.2) is 0 Å². The summed E-state index contributed by atoms with van der Waals surface area (Å²) in [6.07, 6.45) is 4.25. The predicted molar refractivity (Wildman–Crippen MR) is 87.9 cm³/mol. The van der Waals surface area contributed by atoms with Crippen molar-refractivity contribution >= 4 is 5.91 Å². The Kier molecular flexibility index (Phi) is 5.92. The number of hydrogen-bond donors (Lipinski definition) is 2. The number of nitrogens with zero attached hydrogens (tertiary/aromatic N) is 3. The molecule has 0 aromatic carbocycles. The van der Waals surface area contributed by atoms with Crippen molar-refractivity contribution in [3.05, 3.63) is 24.0 Å². The zero-order valence-electron chi connectivity index (χ0n) is 14.2. The van der Waals surface area contributed by atoms with Gasteiger partial charge < -0.3 is 10.1 Å². The molecule has 0 bridgehead atoms. The molecule has 7 nitrogen and oxygen atoms in total. The van der Waals surface area contributed by atoms with Gasteiger partial charge in [-0.2, -0.15) is 10.2 Å². The highest BCUT2D eigenvalue weighted by Gasteiger charge is 2.18. The van der Waals surface area contributed by atoms with Crippen LogP contribution in [-0.2, 0) is 11.8 Å². The summed E-state index contributed by atoms with van der Waals surface area (Å²) >= 11 is 0. The molecule has 1 unspecified atom stereocenters. The van der Waals surface area contributed by atoms with Gasteiger partial charge in [-0.3, -0.25) is 14.6 Å². The van der Waals surface area contributed by atoms with Gasteiger partial charge in [-0.25, -0.2) is 0 Å². The van der Waals surface area contributed by atoms with E-state index < -0.39 is 0 Å². The highest BCUT2D eigenvalue weighted by atomic mass is 16.5. The Bertz CT molecular complexity index is 632. The van der Waals surface area contributed by atoms with Crippen molar-refractivity contribution in [1.82, 2.24) is 25.3 Å². The zero-order chi connectivity index (χ0) is 16.8. The monoisotopic (exact) mass is 319 g/mol. The largest absolute Gasteiger partial charge is 0.384 e. The summed E-state index contributed by atoms with van der Waals surface area (Å²) < 4.78 is 6.93. The van der Waals surface area contributed by atoms with Crippen LogP contribution < -0.4 is 5.32 Å². The molecule has 0 fully saturated rings. The molecule has 2 aromatic heterocycles. The number of rotatable bonds is 8. The zero-order valence-corrected chi connectivity index (χ0v) is 14.2. The summed E-state index contributed by atoms with van der Waals surface area (Å²) in [7, 11) is 3.54. The van der Waals surface area contributed by atoms with Crippen molar-refractivity contribution < 1.29 is 9.53 Å². The molecular weight excluding hydrogens is 294 g/mol. The third kappa shape index (κ3) is 4.41. The van der Waals surface area contributed by atoms with Gasteiger partial charge in [-0.05, 0) is 24.3 Å². The van der Waals surface area contributed by atoms with Gasteiger partial charge in [0.1, 0.15) is 5.69 Å². The van der Waals surface area contributed by atoms with E-state index in [-0.39, 0.29) is 5.91 Å². The number of carbonyl (C=O) groups is 1. The summed E-state index contributed by atoms with van der Waals surface area (Å²) in [4.78, 5) is 12.4. The molecule has 0 aliphatic carbocycles. The average molecular weight is 319 g/mol. The third-order valence-electron chi connectivity index (χ3n) is 3.98. The first-order valence-corrected chi connectivity index (χ1v) is 7.83. The number of H-pyrrole nitrogens is 1. The maximum Gasteiger partial charge on any atom is 0.255 e.